The first-order valence-corrected chi connectivity index (χ1v) is 7.48. The predicted molar refractivity (Wildman–Crippen MR) is 84.9 cm³/mol. The Morgan fingerprint density at radius 1 is 1.24 bits per heavy atom. The van der Waals surface area contributed by atoms with Gasteiger partial charge in [0.1, 0.15) is 6.61 Å². The Labute approximate surface area is 128 Å². The fourth-order valence-corrected chi connectivity index (χ4v) is 1.90. The van der Waals surface area contributed by atoms with Crippen molar-refractivity contribution in [1.29, 1.82) is 0 Å². The van der Waals surface area contributed by atoms with Gasteiger partial charge in [-0.15, -0.1) is 0 Å². The SMILES string of the molecule is CC(=O)OC/C=C(\C)CC[C@H](O)[C@@](C)(O)CCC=C(C)C. The Bertz CT molecular complexity index is 376. The topological polar surface area (TPSA) is 66.8 Å². The maximum absolute atomic E-state index is 10.6. The minimum atomic E-state index is -1.08. The second-order valence-electron chi connectivity index (χ2n) is 6.08. The number of allylic oxidation sites excluding steroid dienone is 3. The first-order chi connectivity index (χ1) is 9.65. The molecule has 0 radical (unpaired) electrons. The number of esters is 1. The molecule has 0 unspecified atom stereocenters. The van der Waals surface area contributed by atoms with Crippen LogP contribution in [-0.4, -0.2) is 34.5 Å². The number of hydrogen-bond acceptors (Lipinski definition) is 4. The molecule has 0 rings (SSSR count). The molecule has 0 saturated heterocycles. The van der Waals surface area contributed by atoms with Gasteiger partial charge in [0, 0.05) is 6.92 Å². The van der Waals surface area contributed by atoms with Crippen LogP contribution in [0.25, 0.3) is 0 Å². The molecule has 0 amide bonds. The minimum Gasteiger partial charge on any atom is -0.462 e. The molecular weight excluding hydrogens is 268 g/mol. The fraction of sp³-hybridized carbons (Fsp3) is 0.706. The molecule has 4 nitrogen and oxygen atoms in total. The van der Waals surface area contributed by atoms with Crippen molar-refractivity contribution in [2.75, 3.05) is 6.61 Å². The van der Waals surface area contributed by atoms with E-state index in [1.165, 1.54) is 12.5 Å². The van der Waals surface area contributed by atoms with E-state index < -0.39 is 11.7 Å². The number of aliphatic hydroxyl groups is 2. The Hall–Kier alpha value is -1.13. The van der Waals surface area contributed by atoms with Crippen molar-refractivity contribution in [3.8, 4) is 0 Å². The highest BCUT2D eigenvalue weighted by Gasteiger charge is 2.28. The molecule has 2 atom stereocenters. The van der Waals surface area contributed by atoms with Crippen LogP contribution in [0.5, 0.6) is 0 Å². The zero-order valence-electron chi connectivity index (χ0n) is 14.0. The molecule has 0 saturated carbocycles. The maximum Gasteiger partial charge on any atom is 0.302 e. The molecule has 0 bridgehead atoms. The largest absolute Gasteiger partial charge is 0.462 e. The lowest BCUT2D eigenvalue weighted by Crippen LogP contribution is -2.39. The van der Waals surface area contributed by atoms with E-state index in [0.717, 1.165) is 12.0 Å². The summed E-state index contributed by atoms with van der Waals surface area (Å²) in [6.07, 6.45) is 5.58. The predicted octanol–water partition coefficient (Wildman–Crippen LogP) is 3.13. The van der Waals surface area contributed by atoms with Crippen molar-refractivity contribution in [1.82, 2.24) is 0 Å². The van der Waals surface area contributed by atoms with Crippen LogP contribution >= 0.6 is 0 Å². The average Bonchev–Trinajstić information content (AvgIpc) is 2.34. The van der Waals surface area contributed by atoms with E-state index >= 15 is 0 Å². The molecule has 0 fully saturated rings. The number of carbonyl (C=O) groups excluding carboxylic acids is 1. The van der Waals surface area contributed by atoms with E-state index in [-0.39, 0.29) is 12.6 Å². The summed E-state index contributed by atoms with van der Waals surface area (Å²) in [5.41, 5.74) is 1.17. The van der Waals surface area contributed by atoms with Gasteiger partial charge in [-0.2, -0.15) is 0 Å². The van der Waals surface area contributed by atoms with Crippen molar-refractivity contribution in [3.05, 3.63) is 23.3 Å². The van der Waals surface area contributed by atoms with E-state index in [1.54, 1.807) is 6.92 Å². The number of aliphatic hydroxyl groups excluding tert-OH is 1. The van der Waals surface area contributed by atoms with Gasteiger partial charge in [0.25, 0.3) is 0 Å². The van der Waals surface area contributed by atoms with Crippen LogP contribution in [0.4, 0.5) is 0 Å². The summed E-state index contributed by atoms with van der Waals surface area (Å²) in [7, 11) is 0. The summed E-state index contributed by atoms with van der Waals surface area (Å²) >= 11 is 0. The van der Waals surface area contributed by atoms with Crippen LogP contribution in [0.2, 0.25) is 0 Å². The van der Waals surface area contributed by atoms with Crippen molar-refractivity contribution < 1.29 is 19.7 Å². The molecular formula is C17H30O4. The molecule has 122 valence electrons. The maximum atomic E-state index is 10.6. The zero-order chi connectivity index (χ0) is 16.5. The lowest BCUT2D eigenvalue weighted by molar-refractivity contribution is -0.139. The van der Waals surface area contributed by atoms with E-state index in [9.17, 15) is 15.0 Å². The molecule has 0 aliphatic rings. The van der Waals surface area contributed by atoms with Gasteiger partial charge in [-0.1, -0.05) is 17.2 Å². The Morgan fingerprint density at radius 3 is 2.38 bits per heavy atom. The van der Waals surface area contributed by atoms with Crippen LogP contribution in [0.1, 0.15) is 60.3 Å². The molecule has 4 heteroatoms. The molecule has 0 aromatic carbocycles. The van der Waals surface area contributed by atoms with Gasteiger partial charge in [0.05, 0.1) is 11.7 Å². The number of ether oxygens (including phenoxy) is 1. The molecule has 2 N–H and O–H groups in total. The molecule has 0 aromatic rings. The normalized spacial score (nSPS) is 16.0. The summed E-state index contributed by atoms with van der Waals surface area (Å²) in [4.78, 5) is 10.6. The van der Waals surface area contributed by atoms with E-state index in [2.05, 4.69) is 6.08 Å². The van der Waals surface area contributed by atoms with Gasteiger partial charge in [-0.3, -0.25) is 4.79 Å². The highest BCUT2D eigenvalue weighted by molar-refractivity contribution is 5.66. The van der Waals surface area contributed by atoms with Crippen molar-refractivity contribution in [3.63, 3.8) is 0 Å². The third kappa shape index (κ3) is 10.3. The molecule has 0 heterocycles. The number of hydrogen-bond donors (Lipinski definition) is 2. The van der Waals surface area contributed by atoms with Gasteiger partial charge in [-0.05, 0) is 59.5 Å². The van der Waals surface area contributed by atoms with Crippen LogP contribution in [-0.2, 0) is 9.53 Å². The first-order valence-electron chi connectivity index (χ1n) is 7.48. The molecule has 0 aliphatic carbocycles. The summed E-state index contributed by atoms with van der Waals surface area (Å²) in [5, 5.41) is 20.4. The Kier molecular flexibility index (Phi) is 9.22. The highest BCUT2D eigenvalue weighted by Crippen LogP contribution is 2.22. The van der Waals surface area contributed by atoms with Crippen LogP contribution in [0, 0.1) is 0 Å². The van der Waals surface area contributed by atoms with Crippen LogP contribution in [0.15, 0.2) is 23.3 Å². The summed E-state index contributed by atoms with van der Waals surface area (Å²) in [6.45, 7) is 9.26. The van der Waals surface area contributed by atoms with Crippen molar-refractivity contribution in [2.24, 2.45) is 0 Å². The lowest BCUT2D eigenvalue weighted by atomic mass is 9.89. The number of carbonyl (C=O) groups is 1. The van der Waals surface area contributed by atoms with Gasteiger partial charge in [0.15, 0.2) is 0 Å². The molecule has 0 spiro atoms. The molecule has 0 aliphatic heterocycles. The van der Waals surface area contributed by atoms with Crippen LogP contribution in [0.3, 0.4) is 0 Å². The van der Waals surface area contributed by atoms with Crippen molar-refractivity contribution in [2.45, 2.75) is 72.0 Å². The fourth-order valence-electron chi connectivity index (χ4n) is 1.90. The van der Waals surface area contributed by atoms with E-state index in [0.29, 0.717) is 19.3 Å². The summed E-state index contributed by atoms with van der Waals surface area (Å²) < 4.78 is 4.83. The Balaban J connectivity index is 4.18. The summed E-state index contributed by atoms with van der Waals surface area (Å²) in [6, 6.07) is 0. The van der Waals surface area contributed by atoms with Gasteiger partial charge in [-0.25, -0.2) is 0 Å². The third-order valence-corrected chi connectivity index (χ3v) is 3.45. The van der Waals surface area contributed by atoms with Gasteiger partial charge >= 0.3 is 5.97 Å². The van der Waals surface area contributed by atoms with Crippen LogP contribution < -0.4 is 0 Å². The second-order valence-corrected chi connectivity index (χ2v) is 6.08. The van der Waals surface area contributed by atoms with E-state index in [4.69, 9.17) is 4.74 Å². The standard InChI is InChI=1S/C17H30O4/c1-13(2)7-6-11-17(5,20)16(19)9-8-14(3)10-12-21-15(4)18/h7,10,16,19-20H,6,8-9,11-12H2,1-5H3/b14-10+/t16-,17-/m0/s1. The van der Waals surface area contributed by atoms with Crippen molar-refractivity contribution >= 4 is 5.97 Å². The Morgan fingerprint density at radius 2 is 1.86 bits per heavy atom. The van der Waals surface area contributed by atoms with E-state index in [1.807, 2.05) is 26.8 Å². The smallest absolute Gasteiger partial charge is 0.302 e. The third-order valence-electron chi connectivity index (χ3n) is 3.45. The number of rotatable bonds is 9. The highest BCUT2D eigenvalue weighted by atomic mass is 16.5. The quantitative estimate of drug-likeness (QED) is 0.507. The monoisotopic (exact) mass is 298 g/mol. The zero-order valence-corrected chi connectivity index (χ0v) is 14.0. The summed E-state index contributed by atoms with van der Waals surface area (Å²) in [5.74, 6) is -0.304. The lowest BCUT2D eigenvalue weighted by Gasteiger charge is -2.29. The second kappa shape index (κ2) is 9.74. The average molecular weight is 298 g/mol. The van der Waals surface area contributed by atoms with Gasteiger partial charge < -0.3 is 14.9 Å². The molecule has 21 heavy (non-hydrogen) atoms. The van der Waals surface area contributed by atoms with Gasteiger partial charge in [0.2, 0.25) is 0 Å². The molecule has 0 aromatic heterocycles. The first kappa shape index (κ1) is 19.9. The minimum absolute atomic E-state index is 0.258.